The van der Waals surface area contributed by atoms with Gasteiger partial charge in [0.2, 0.25) is 17.8 Å². The minimum absolute atomic E-state index is 0.526. The molecule has 20 heavy (non-hydrogen) atoms. The number of hydrogen-bond acceptors (Lipinski definition) is 6. The van der Waals surface area contributed by atoms with Crippen LogP contribution < -0.4 is 15.5 Å². The van der Waals surface area contributed by atoms with E-state index in [0.29, 0.717) is 12.0 Å². The second kappa shape index (κ2) is 6.24. The van der Waals surface area contributed by atoms with Crippen molar-refractivity contribution in [2.45, 2.75) is 51.5 Å². The van der Waals surface area contributed by atoms with Crippen molar-refractivity contribution in [3.63, 3.8) is 0 Å². The molecule has 1 aromatic heterocycles. The van der Waals surface area contributed by atoms with Gasteiger partial charge >= 0.3 is 0 Å². The summed E-state index contributed by atoms with van der Waals surface area (Å²) in [6.07, 6.45) is 7.52. The average Bonchev–Trinajstić information content (AvgIpc) is 3.11. The molecule has 0 radical (unpaired) electrons. The molecular weight excluding hydrogens is 252 g/mol. The molecule has 0 bridgehead atoms. The van der Waals surface area contributed by atoms with Crippen molar-refractivity contribution in [3.05, 3.63) is 0 Å². The Balaban J connectivity index is 1.79. The van der Waals surface area contributed by atoms with E-state index in [9.17, 15) is 0 Å². The molecule has 0 amide bonds. The van der Waals surface area contributed by atoms with Gasteiger partial charge in [-0.2, -0.15) is 15.0 Å². The normalized spacial score (nSPS) is 19.6. The summed E-state index contributed by atoms with van der Waals surface area (Å²) in [5.74, 6) is 2.23. The number of hydrogen-bond donors (Lipinski definition) is 2. The molecule has 110 valence electrons. The zero-order chi connectivity index (χ0) is 13.8. The van der Waals surface area contributed by atoms with Crippen molar-refractivity contribution in [2.75, 3.05) is 35.2 Å². The van der Waals surface area contributed by atoms with Crippen molar-refractivity contribution in [2.24, 2.45) is 0 Å². The maximum absolute atomic E-state index is 4.61. The Morgan fingerprint density at radius 2 is 1.70 bits per heavy atom. The highest BCUT2D eigenvalue weighted by Gasteiger charge is 2.20. The molecule has 3 rings (SSSR count). The number of nitrogens with zero attached hydrogens (tertiary/aromatic N) is 4. The molecule has 2 fully saturated rings. The van der Waals surface area contributed by atoms with Crippen molar-refractivity contribution in [1.82, 2.24) is 15.0 Å². The molecule has 1 aromatic rings. The molecule has 2 heterocycles. The fourth-order valence-electron chi connectivity index (χ4n) is 2.98. The molecule has 1 saturated heterocycles. The first-order valence-electron chi connectivity index (χ1n) is 7.86. The van der Waals surface area contributed by atoms with E-state index in [1.54, 1.807) is 0 Å². The lowest BCUT2D eigenvalue weighted by atomic mass is 10.3. The molecule has 6 nitrogen and oxygen atoms in total. The summed E-state index contributed by atoms with van der Waals surface area (Å²) >= 11 is 0. The fraction of sp³-hybridized carbons (Fsp3) is 0.786. The van der Waals surface area contributed by atoms with Crippen LogP contribution in [0.15, 0.2) is 0 Å². The van der Waals surface area contributed by atoms with Crippen LogP contribution in [0.3, 0.4) is 0 Å². The van der Waals surface area contributed by atoms with Crippen LogP contribution in [0.2, 0.25) is 0 Å². The lowest BCUT2D eigenvalue weighted by Gasteiger charge is -2.18. The molecule has 1 aliphatic carbocycles. The summed E-state index contributed by atoms with van der Waals surface area (Å²) < 4.78 is 0. The minimum atomic E-state index is 0.526. The molecule has 1 saturated carbocycles. The van der Waals surface area contributed by atoms with Crippen molar-refractivity contribution in [3.8, 4) is 0 Å². The highest BCUT2D eigenvalue weighted by Crippen LogP contribution is 2.23. The molecule has 1 aliphatic heterocycles. The smallest absolute Gasteiger partial charge is 0.231 e. The van der Waals surface area contributed by atoms with Crippen LogP contribution in [0, 0.1) is 0 Å². The largest absolute Gasteiger partial charge is 0.354 e. The topological polar surface area (TPSA) is 66.0 Å². The summed E-state index contributed by atoms with van der Waals surface area (Å²) in [6, 6.07) is 0.526. The van der Waals surface area contributed by atoms with Crippen LogP contribution in [0.5, 0.6) is 0 Å². The van der Waals surface area contributed by atoms with Crippen LogP contribution in [-0.2, 0) is 0 Å². The zero-order valence-electron chi connectivity index (χ0n) is 12.2. The lowest BCUT2D eigenvalue weighted by Crippen LogP contribution is -2.24. The number of rotatable bonds is 5. The van der Waals surface area contributed by atoms with Crippen LogP contribution in [-0.4, -0.2) is 40.6 Å². The Morgan fingerprint density at radius 3 is 2.40 bits per heavy atom. The van der Waals surface area contributed by atoms with E-state index in [0.717, 1.165) is 31.5 Å². The number of anilines is 3. The predicted octanol–water partition coefficient (Wildman–Crippen LogP) is 2.26. The third kappa shape index (κ3) is 3.11. The zero-order valence-corrected chi connectivity index (χ0v) is 12.2. The molecule has 0 unspecified atom stereocenters. The first-order valence-corrected chi connectivity index (χ1v) is 7.86. The monoisotopic (exact) mass is 276 g/mol. The molecule has 0 aromatic carbocycles. The number of aromatic nitrogens is 3. The van der Waals surface area contributed by atoms with Gasteiger partial charge in [0.1, 0.15) is 0 Å². The third-order valence-corrected chi connectivity index (χ3v) is 4.04. The van der Waals surface area contributed by atoms with Crippen molar-refractivity contribution >= 4 is 17.8 Å². The Morgan fingerprint density at radius 1 is 1.00 bits per heavy atom. The first kappa shape index (κ1) is 13.4. The third-order valence-electron chi connectivity index (χ3n) is 4.04. The summed E-state index contributed by atoms with van der Waals surface area (Å²) in [7, 11) is 0. The van der Waals surface area contributed by atoms with E-state index in [-0.39, 0.29) is 0 Å². The van der Waals surface area contributed by atoms with Crippen LogP contribution in [0.1, 0.15) is 45.4 Å². The molecule has 6 heteroatoms. The summed E-state index contributed by atoms with van der Waals surface area (Å²) in [5, 5.41) is 6.68. The van der Waals surface area contributed by atoms with Crippen molar-refractivity contribution < 1.29 is 0 Å². The van der Waals surface area contributed by atoms with Gasteiger partial charge in [0.25, 0.3) is 0 Å². The van der Waals surface area contributed by atoms with Crippen LogP contribution in [0.25, 0.3) is 0 Å². The Labute approximate surface area is 120 Å². The van der Waals surface area contributed by atoms with E-state index in [1.165, 1.54) is 38.5 Å². The maximum atomic E-state index is 4.61. The second-order valence-electron chi connectivity index (χ2n) is 5.63. The van der Waals surface area contributed by atoms with E-state index in [2.05, 4.69) is 37.4 Å². The maximum Gasteiger partial charge on any atom is 0.231 e. The van der Waals surface area contributed by atoms with Gasteiger partial charge in [0.05, 0.1) is 0 Å². The minimum Gasteiger partial charge on any atom is -0.354 e. The van der Waals surface area contributed by atoms with Gasteiger partial charge in [-0.1, -0.05) is 12.8 Å². The van der Waals surface area contributed by atoms with Gasteiger partial charge in [0, 0.05) is 25.7 Å². The van der Waals surface area contributed by atoms with Gasteiger partial charge in [-0.25, -0.2) is 0 Å². The van der Waals surface area contributed by atoms with E-state index in [4.69, 9.17) is 0 Å². The fourth-order valence-corrected chi connectivity index (χ4v) is 2.98. The molecule has 2 N–H and O–H groups in total. The Bertz CT molecular complexity index is 437. The highest BCUT2D eigenvalue weighted by molar-refractivity contribution is 5.44. The molecule has 0 spiro atoms. The summed E-state index contributed by atoms with van der Waals surface area (Å²) in [5.41, 5.74) is 0. The first-order chi connectivity index (χ1) is 9.85. The standard InChI is InChI=1S/C14H24N6/c1-2-15-12-17-13(16-11-7-3-4-8-11)19-14(18-12)20-9-5-6-10-20/h11H,2-10H2,1H3,(H2,15,16,17,18,19). The van der Waals surface area contributed by atoms with Crippen LogP contribution in [0.4, 0.5) is 17.8 Å². The lowest BCUT2D eigenvalue weighted by molar-refractivity contribution is 0.740. The quantitative estimate of drug-likeness (QED) is 0.860. The van der Waals surface area contributed by atoms with Gasteiger partial charge in [-0.05, 0) is 32.6 Å². The second-order valence-corrected chi connectivity index (χ2v) is 5.63. The van der Waals surface area contributed by atoms with Gasteiger partial charge in [0.15, 0.2) is 0 Å². The summed E-state index contributed by atoms with van der Waals surface area (Å²) in [4.78, 5) is 15.9. The highest BCUT2D eigenvalue weighted by atomic mass is 15.3. The SMILES string of the molecule is CCNc1nc(NC2CCCC2)nc(N2CCCC2)n1. The van der Waals surface area contributed by atoms with Crippen molar-refractivity contribution in [1.29, 1.82) is 0 Å². The van der Waals surface area contributed by atoms with Gasteiger partial charge in [-0.15, -0.1) is 0 Å². The number of nitrogens with one attached hydrogen (secondary N) is 2. The summed E-state index contributed by atoms with van der Waals surface area (Å²) in [6.45, 7) is 4.99. The predicted molar refractivity (Wildman–Crippen MR) is 81.3 cm³/mol. The van der Waals surface area contributed by atoms with Crippen LogP contribution >= 0.6 is 0 Å². The van der Waals surface area contributed by atoms with E-state index in [1.807, 2.05) is 0 Å². The molecule has 2 aliphatic rings. The molecular formula is C14H24N6. The van der Waals surface area contributed by atoms with E-state index >= 15 is 0 Å². The van der Waals surface area contributed by atoms with E-state index < -0.39 is 0 Å². The van der Waals surface area contributed by atoms with Gasteiger partial charge in [-0.3, -0.25) is 0 Å². The molecule has 0 atom stereocenters. The average molecular weight is 276 g/mol. The van der Waals surface area contributed by atoms with Gasteiger partial charge < -0.3 is 15.5 Å². The Kier molecular flexibility index (Phi) is 4.18. The Hall–Kier alpha value is -1.59.